The number of aliphatic hydroxyl groups excluding tert-OH is 1. The molecular weight excluding hydrogens is 1200 g/mol. The van der Waals surface area contributed by atoms with E-state index in [1.54, 1.807) is 0 Å². The zero-order chi connectivity index (χ0) is 67.0. The largest absolute Gasteiger partial charge is 0.472 e. The van der Waals surface area contributed by atoms with Crippen LogP contribution in [-0.2, 0) is 65.4 Å². The molecule has 91 heavy (non-hydrogen) atoms. The van der Waals surface area contributed by atoms with Crippen molar-refractivity contribution in [2.45, 2.75) is 393 Å². The maximum atomic E-state index is 13.0. The highest BCUT2D eigenvalue weighted by atomic mass is 31.2. The van der Waals surface area contributed by atoms with Crippen molar-refractivity contribution in [3.05, 3.63) is 0 Å². The molecule has 0 fully saturated rings. The lowest BCUT2D eigenvalue weighted by atomic mass is 10.0. The van der Waals surface area contributed by atoms with Crippen LogP contribution in [0.3, 0.4) is 0 Å². The molecule has 0 aliphatic carbocycles. The van der Waals surface area contributed by atoms with Gasteiger partial charge in [-0.3, -0.25) is 37.3 Å². The van der Waals surface area contributed by atoms with Gasteiger partial charge in [0.1, 0.15) is 19.3 Å². The Hall–Kier alpha value is -1.94. The summed E-state index contributed by atoms with van der Waals surface area (Å²) in [4.78, 5) is 72.5. The second kappa shape index (κ2) is 65.4. The smallest absolute Gasteiger partial charge is 0.462 e. The molecule has 0 rings (SSSR count). The molecule has 3 N–H and O–H groups in total. The van der Waals surface area contributed by atoms with Gasteiger partial charge < -0.3 is 33.8 Å². The van der Waals surface area contributed by atoms with Gasteiger partial charge in [0, 0.05) is 25.7 Å². The Morgan fingerprint density at radius 2 is 0.505 bits per heavy atom. The topological polar surface area (TPSA) is 237 Å². The lowest BCUT2D eigenvalue weighted by Gasteiger charge is -2.21. The maximum absolute atomic E-state index is 13.0. The number of hydrogen-bond acceptors (Lipinski definition) is 15. The molecule has 5 atom stereocenters. The van der Waals surface area contributed by atoms with E-state index >= 15 is 0 Å². The Morgan fingerprint density at radius 3 is 0.747 bits per heavy atom. The molecule has 19 heteroatoms. The zero-order valence-electron chi connectivity index (χ0n) is 59.0. The van der Waals surface area contributed by atoms with Gasteiger partial charge in [-0.15, -0.1) is 0 Å². The third-order valence-electron chi connectivity index (χ3n) is 16.8. The number of carbonyl (C=O) groups is 4. The Labute approximate surface area is 556 Å². The quantitative estimate of drug-likeness (QED) is 0.0222. The first-order valence-electron chi connectivity index (χ1n) is 37.6. The Morgan fingerprint density at radius 1 is 0.297 bits per heavy atom. The van der Waals surface area contributed by atoms with Crippen molar-refractivity contribution in [2.24, 2.45) is 5.92 Å². The van der Waals surface area contributed by atoms with Crippen LogP contribution < -0.4 is 0 Å². The van der Waals surface area contributed by atoms with E-state index < -0.39 is 97.5 Å². The summed E-state index contributed by atoms with van der Waals surface area (Å²) >= 11 is 0. The van der Waals surface area contributed by atoms with Gasteiger partial charge in [-0.1, -0.05) is 324 Å². The molecule has 0 aromatic heterocycles. The first-order valence-corrected chi connectivity index (χ1v) is 40.6. The summed E-state index contributed by atoms with van der Waals surface area (Å²) < 4.78 is 68.3. The number of rotatable bonds is 72. The highest BCUT2D eigenvalue weighted by molar-refractivity contribution is 7.47. The van der Waals surface area contributed by atoms with E-state index in [4.69, 9.17) is 37.0 Å². The molecule has 540 valence electrons. The number of esters is 4. The van der Waals surface area contributed by atoms with Gasteiger partial charge in [-0.2, -0.15) is 0 Å². The second-order valence-corrected chi connectivity index (χ2v) is 29.4. The monoisotopic (exact) mass is 1340 g/mol. The van der Waals surface area contributed by atoms with E-state index in [-0.39, 0.29) is 25.7 Å². The standard InChI is InChI=1S/C72H140O17P2/c1-6-9-12-15-18-20-22-24-28-32-36-41-46-51-56-70(75)83-62-68(89-72(77)58-53-48-43-38-34-30-26-27-31-35-40-44-49-54-65(4)5)64-87-91(80,81)85-60-66(73)59-84-90(78,79)86-63-67(61-82-69(74)55-50-45-39-17-14-11-8-3)88-71(76)57-52-47-42-37-33-29-25-23-21-19-16-13-10-7-2/h65-68,73H,6-64H2,1-5H3,(H,78,79)(H,80,81)/t66-,67+,68+/m0/s1. The second-order valence-electron chi connectivity index (χ2n) is 26.5. The zero-order valence-corrected chi connectivity index (χ0v) is 60.8. The van der Waals surface area contributed by atoms with E-state index in [1.165, 1.54) is 186 Å². The molecule has 0 bridgehead atoms. The highest BCUT2D eigenvalue weighted by Crippen LogP contribution is 2.45. The molecule has 2 unspecified atom stereocenters. The fourth-order valence-electron chi connectivity index (χ4n) is 11.0. The normalized spacial score (nSPS) is 14.0. The molecule has 0 aromatic carbocycles. The number of unbranched alkanes of at least 4 members (excludes halogenated alkanes) is 44. The average Bonchev–Trinajstić information content (AvgIpc) is 3.63. The van der Waals surface area contributed by atoms with Gasteiger partial charge in [0.2, 0.25) is 0 Å². The fraction of sp³-hybridized carbons (Fsp3) is 0.944. The Bertz CT molecular complexity index is 1750. The van der Waals surface area contributed by atoms with Gasteiger partial charge in [-0.25, -0.2) is 9.13 Å². The molecule has 17 nitrogen and oxygen atoms in total. The molecule has 0 aliphatic heterocycles. The van der Waals surface area contributed by atoms with Crippen LogP contribution in [0.25, 0.3) is 0 Å². The van der Waals surface area contributed by atoms with Gasteiger partial charge in [0.15, 0.2) is 12.2 Å². The first kappa shape index (κ1) is 89.1. The molecule has 0 aliphatic rings. The SMILES string of the molecule is CCCCCCCCCCCCCCCCC(=O)OC[C@H](COP(=O)(O)OC[C@@H](O)COP(=O)(O)OC[C@@H](COC(=O)CCCCCCCCC)OC(=O)CCCCCCCCCCCCCCCC)OC(=O)CCCCCCCCCCCCCCCC(C)C. The van der Waals surface area contributed by atoms with Crippen LogP contribution in [0.5, 0.6) is 0 Å². The Kier molecular flexibility index (Phi) is 64.0. The highest BCUT2D eigenvalue weighted by Gasteiger charge is 2.30. The van der Waals surface area contributed by atoms with Crippen LogP contribution >= 0.6 is 15.6 Å². The van der Waals surface area contributed by atoms with E-state index in [0.717, 1.165) is 109 Å². The van der Waals surface area contributed by atoms with Crippen molar-refractivity contribution in [3.8, 4) is 0 Å². The van der Waals surface area contributed by atoms with Crippen LogP contribution in [0.15, 0.2) is 0 Å². The van der Waals surface area contributed by atoms with E-state index in [0.29, 0.717) is 25.7 Å². The molecule has 0 amide bonds. The van der Waals surface area contributed by atoms with E-state index in [1.807, 2.05) is 0 Å². The Balaban J connectivity index is 5.20. The third kappa shape index (κ3) is 66.5. The molecule has 0 aromatic rings. The minimum absolute atomic E-state index is 0.108. The van der Waals surface area contributed by atoms with Crippen LogP contribution in [0.1, 0.15) is 375 Å². The number of carbonyl (C=O) groups excluding carboxylic acids is 4. The van der Waals surface area contributed by atoms with Crippen molar-refractivity contribution in [3.63, 3.8) is 0 Å². The third-order valence-corrected chi connectivity index (χ3v) is 18.7. The molecular formula is C72H140O17P2. The molecule has 0 heterocycles. The lowest BCUT2D eigenvalue weighted by molar-refractivity contribution is -0.161. The van der Waals surface area contributed by atoms with Gasteiger partial charge in [0.25, 0.3) is 0 Å². The number of ether oxygens (including phenoxy) is 4. The summed E-state index contributed by atoms with van der Waals surface area (Å²) in [6.07, 6.45) is 52.7. The predicted molar refractivity (Wildman–Crippen MR) is 368 cm³/mol. The van der Waals surface area contributed by atoms with Crippen molar-refractivity contribution in [1.82, 2.24) is 0 Å². The van der Waals surface area contributed by atoms with Crippen LogP contribution in [-0.4, -0.2) is 96.7 Å². The van der Waals surface area contributed by atoms with Gasteiger partial charge >= 0.3 is 39.5 Å². The molecule has 0 radical (unpaired) electrons. The summed E-state index contributed by atoms with van der Waals surface area (Å²) in [5.74, 6) is -1.33. The van der Waals surface area contributed by atoms with Crippen LogP contribution in [0, 0.1) is 5.92 Å². The average molecular weight is 1340 g/mol. The van der Waals surface area contributed by atoms with Crippen molar-refractivity contribution < 1.29 is 80.2 Å². The summed E-state index contributed by atoms with van der Waals surface area (Å²) in [6.45, 7) is 7.25. The summed E-state index contributed by atoms with van der Waals surface area (Å²) in [5, 5.41) is 10.6. The fourth-order valence-corrected chi connectivity index (χ4v) is 12.6. The molecule has 0 saturated carbocycles. The van der Waals surface area contributed by atoms with Gasteiger partial charge in [-0.05, 0) is 31.6 Å². The molecule has 0 spiro atoms. The summed E-state index contributed by atoms with van der Waals surface area (Å²) in [5.41, 5.74) is 0. The number of hydrogen-bond donors (Lipinski definition) is 3. The summed E-state index contributed by atoms with van der Waals surface area (Å²) in [7, 11) is -9.90. The molecule has 0 saturated heterocycles. The van der Waals surface area contributed by atoms with Crippen molar-refractivity contribution >= 4 is 39.5 Å². The first-order chi connectivity index (χ1) is 44.0. The lowest BCUT2D eigenvalue weighted by Crippen LogP contribution is -2.30. The predicted octanol–water partition coefficient (Wildman–Crippen LogP) is 20.9. The summed E-state index contributed by atoms with van der Waals surface area (Å²) in [6, 6.07) is 0. The van der Waals surface area contributed by atoms with E-state index in [2.05, 4.69) is 34.6 Å². The van der Waals surface area contributed by atoms with Crippen LogP contribution in [0.2, 0.25) is 0 Å². The van der Waals surface area contributed by atoms with Crippen molar-refractivity contribution in [2.75, 3.05) is 39.6 Å². The minimum Gasteiger partial charge on any atom is -0.462 e. The van der Waals surface area contributed by atoms with Crippen molar-refractivity contribution in [1.29, 1.82) is 0 Å². The number of phosphoric ester groups is 2. The number of aliphatic hydroxyl groups is 1. The number of phosphoric acid groups is 2. The van der Waals surface area contributed by atoms with Crippen LogP contribution in [0.4, 0.5) is 0 Å². The maximum Gasteiger partial charge on any atom is 0.472 e. The van der Waals surface area contributed by atoms with Gasteiger partial charge in [0.05, 0.1) is 26.4 Å². The minimum atomic E-state index is -4.95. The van der Waals surface area contributed by atoms with E-state index in [9.17, 15) is 43.2 Å².